The minimum absolute atomic E-state index is 0.0310. The maximum absolute atomic E-state index is 13.5. The van der Waals surface area contributed by atoms with Gasteiger partial charge in [0.15, 0.2) is 0 Å². The van der Waals surface area contributed by atoms with E-state index in [1.807, 2.05) is 24.3 Å². The standard InChI is InChI=1S/C25H26ClFN4O3/c26-24-18(8-5-9-19(24)27)13-28-15-23(32)30-20-10-3-4-11-21(20)34-25(33)31-22-12-16-6-1-2-7-17(16)14-29-22/h1-2,5-9,12,14,20-21,28H,3-4,10-11,13,15H2,(H,30,32)(H,29,31,33)/t20-,21-/m0/s1. The van der Waals surface area contributed by atoms with Crippen LogP contribution in [-0.2, 0) is 16.1 Å². The van der Waals surface area contributed by atoms with Crippen molar-refractivity contribution in [2.75, 3.05) is 11.9 Å². The second-order valence-corrected chi connectivity index (χ2v) is 8.64. The van der Waals surface area contributed by atoms with Crippen molar-refractivity contribution in [3.05, 3.63) is 71.1 Å². The number of amides is 2. The van der Waals surface area contributed by atoms with Crippen molar-refractivity contribution in [3.8, 4) is 0 Å². The summed E-state index contributed by atoms with van der Waals surface area (Å²) in [7, 11) is 0. The van der Waals surface area contributed by atoms with E-state index in [1.165, 1.54) is 6.07 Å². The maximum atomic E-state index is 13.5. The van der Waals surface area contributed by atoms with Crippen molar-refractivity contribution in [2.45, 2.75) is 44.4 Å². The number of ether oxygens (including phenoxy) is 1. The maximum Gasteiger partial charge on any atom is 0.413 e. The normalized spacial score (nSPS) is 17.8. The fourth-order valence-electron chi connectivity index (χ4n) is 4.08. The van der Waals surface area contributed by atoms with Crippen LogP contribution in [0, 0.1) is 5.82 Å². The summed E-state index contributed by atoms with van der Waals surface area (Å²) in [5.41, 5.74) is 0.576. The van der Waals surface area contributed by atoms with Crippen LogP contribution in [0.15, 0.2) is 54.7 Å². The van der Waals surface area contributed by atoms with Gasteiger partial charge in [-0.15, -0.1) is 0 Å². The number of rotatable bonds is 7. The van der Waals surface area contributed by atoms with Gasteiger partial charge >= 0.3 is 6.09 Å². The molecule has 1 aliphatic carbocycles. The number of hydrogen-bond acceptors (Lipinski definition) is 5. The lowest BCUT2D eigenvalue weighted by Gasteiger charge is -2.31. The number of halogens is 2. The van der Waals surface area contributed by atoms with E-state index in [1.54, 1.807) is 24.4 Å². The molecule has 7 nitrogen and oxygen atoms in total. The Bertz CT molecular complexity index is 1180. The molecule has 1 fully saturated rings. The first kappa shape index (κ1) is 23.9. The Labute approximate surface area is 202 Å². The number of carbonyl (C=O) groups is 2. The molecular weight excluding hydrogens is 459 g/mol. The number of anilines is 1. The number of benzene rings is 2. The Morgan fingerprint density at radius 1 is 1.09 bits per heavy atom. The molecule has 1 saturated carbocycles. The molecule has 1 heterocycles. The first-order valence-electron chi connectivity index (χ1n) is 11.2. The highest BCUT2D eigenvalue weighted by Crippen LogP contribution is 2.23. The van der Waals surface area contributed by atoms with Crippen LogP contribution in [0.1, 0.15) is 31.2 Å². The van der Waals surface area contributed by atoms with Gasteiger partial charge in [0.1, 0.15) is 17.7 Å². The Hall–Kier alpha value is -3.23. The van der Waals surface area contributed by atoms with Gasteiger partial charge in [0.25, 0.3) is 0 Å². The molecule has 0 bridgehead atoms. The fourth-order valence-corrected chi connectivity index (χ4v) is 4.27. The predicted octanol–water partition coefficient (Wildman–Crippen LogP) is 4.79. The van der Waals surface area contributed by atoms with Crippen LogP contribution >= 0.6 is 11.6 Å². The average Bonchev–Trinajstić information content (AvgIpc) is 2.83. The zero-order valence-corrected chi connectivity index (χ0v) is 19.3. The highest BCUT2D eigenvalue weighted by molar-refractivity contribution is 6.31. The molecule has 2 atom stereocenters. The molecule has 0 unspecified atom stereocenters. The number of nitrogens with zero attached hydrogens (tertiary/aromatic N) is 1. The van der Waals surface area contributed by atoms with Gasteiger partial charge in [-0.2, -0.15) is 0 Å². The highest BCUT2D eigenvalue weighted by atomic mass is 35.5. The molecule has 0 spiro atoms. The quantitative estimate of drug-likeness (QED) is 0.448. The van der Waals surface area contributed by atoms with Crippen LogP contribution in [0.25, 0.3) is 10.8 Å². The van der Waals surface area contributed by atoms with Crippen LogP contribution < -0.4 is 16.0 Å². The van der Waals surface area contributed by atoms with Crippen molar-refractivity contribution in [2.24, 2.45) is 0 Å². The van der Waals surface area contributed by atoms with Crippen molar-refractivity contribution in [1.82, 2.24) is 15.6 Å². The molecule has 1 aliphatic rings. The number of carbonyl (C=O) groups excluding carboxylic acids is 2. The Kier molecular flexibility index (Phi) is 7.92. The number of nitrogens with one attached hydrogen (secondary N) is 3. The third-order valence-corrected chi connectivity index (χ3v) is 6.22. The van der Waals surface area contributed by atoms with Crippen LogP contribution in [0.3, 0.4) is 0 Å². The van der Waals surface area contributed by atoms with E-state index in [4.69, 9.17) is 16.3 Å². The fraction of sp³-hybridized carbons (Fsp3) is 0.320. The van der Waals surface area contributed by atoms with E-state index in [0.717, 1.165) is 23.6 Å². The molecule has 2 amide bonds. The summed E-state index contributed by atoms with van der Waals surface area (Å²) in [5.74, 6) is -0.324. The monoisotopic (exact) mass is 484 g/mol. The van der Waals surface area contributed by atoms with Crippen molar-refractivity contribution < 1.29 is 18.7 Å². The molecule has 0 aliphatic heterocycles. The smallest absolute Gasteiger partial charge is 0.413 e. The number of hydrogen-bond donors (Lipinski definition) is 3. The van der Waals surface area contributed by atoms with Crippen LogP contribution in [0.2, 0.25) is 5.02 Å². The van der Waals surface area contributed by atoms with Gasteiger partial charge in [-0.3, -0.25) is 10.1 Å². The molecule has 1 aromatic heterocycles. The Morgan fingerprint density at radius 2 is 1.88 bits per heavy atom. The molecule has 0 saturated heterocycles. The third kappa shape index (κ3) is 6.21. The van der Waals surface area contributed by atoms with E-state index in [-0.39, 0.29) is 30.1 Å². The molecular formula is C25H26ClFN4O3. The molecule has 34 heavy (non-hydrogen) atoms. The van der Waals surface area contributed by atoms with E-state index in [2.05, 4.69) is 20.9 Å². The zero-order chi connectivity index (χ0) is 23.9. The number of aromatic nitrogens is 1. The summed E-state index contributed by atoms with van der Waals surface area (Å²) in [4.78, 5) is 29.2. The number of fused-ring (bicyclic) bond motifs is 1. The number of pyridine rings is 1. The topological polar surface area (TPSA) is 92.4 Å². The minimum Gasteiger partial charge on any atom is -0.444 e. The lowest BCUT2D eigenvalue weighted by molar-refractivity contribution is -0.122. The molecule has 0 radical (unpaired) electrons. The lowest BCUT2D eigenvalue weighted by atomic mass is 9.92. The largest absolute Gasteiger partial charge is 0.444 e. The van der Waals surface area contributed by atoms with Crippen LogP contribution in [-0.4, -0.2) is 35.7 Å². The summed E-state index contributed by atoms with van der Waals surface area (Å²) in [6.45, 7) is 0.291. The van der Waals surface area contributed by atoms with E-state index >= 15 is 0 Å². The zero-order valence-electron chi connectivity index (χ0n) is 18.5. The van der Waals surface area contributed by atoms with Crippen LogP contribution in [0.5, 0.6) is 0 Å². The van der Waals surface area contributed by atoms with Crippen molar-refractivity contribution in [1.29, 1.82) is 0 Å². The lowest BCUT2D eigenvalue weighted by Crippen LogP contribution is -2.49. The Balaban J connectivity index is 1.27. The van der Waals surface area contributed by atoms with Gasteiger partial charge in [-0.1, -0.05) is 54.4 Å². The van der Waals surface area contributed by atoms with Crippen molar-refractivity contribution >= 4 is 40.2 Å². The van der Waals surface area contributed by atoms with Gasteiger partial charge < -0.3 is 15.4 Å². The van der Waals surface area contributed by atoms with E-state index < -0.39 is 18.0 Å². The molecule has 178 valence electrons. The first-order chi connectivity index (χ1) is 16.5. The summed E-state index contributed by atoms with van der Waals surface area (Å²) < 4.78 is 19.2. The van der Waals surface area contributed by atoms with Gasteiger partial charge in [0, 0.05) is 18.1 Å². The first-order valence-corrected chi connectivity index (χ1v) is 11.6. The van der Waals surface area contributed by atoms with Gasteiger partial charge in [-0.05, 0) is 42.3 Å². The minimum atomic E-state index is -0.604. The molecule has 2 aromatic carbocycles. The second-order valence-electron chi connectivity index (χ2n) is 8.26. The van der Waals surface area contributed by atoms with Gasteiger partial charge in [0.05, 0.1) is 17.6 Å². The van der Waals surface area contributed by atoms with Gasteiger partial charge in [-0.25, -0.2) is 14.2 Å². The van der Waals surface area contributed by atoms with Crippen LogP contribution in [0.4, 0.5) is 15.0 Å². The molecule has 3 N–H and O–H groups in total. The summed E-state index contributed by atoms with van der Waals surface area (Å²) in [6.07, 6.45) is 3.88. The van der Waals surface area contributed by atoms with E-state index in [0.29, 0.717) is 24.2 Å². The Morgan fingerprint density at radius 3 is 2.74 bits per heavy atom. The van der Waals surface area contributed by atoms with Gasteiger partial charge in [0.2, 0.25) is 5.91 Å². The summed E-state index contributed by atoms with van der Waals surface area (Å²) >= 11 is 5.94. The highest BCUT2D eigenvalue weighted by Gasteiger charge is 2.29. The average molecular weight is 485 g/mol. The summed E-state index contributed by atoms with van der Waals surface area (Å²) in [6, 6.07) is 13.8. The second kappa shape index (κ2) is 11.3. The predicted molar refractivity (Wildman–Crippen MR) is 129 cm³/mol. The third-order valence-electron chi connectivity index (χ3n) is 5.80. The molecule has 3 aromatic rings. The molecule has 9 heteroatoms. The SMILES string of the molecule is O=C(CNCc1cccc(F)c1Cl)N[C@H]1CCCC[C@@H]1OC(=O)Nc1cc2ccccc2cn1. The molecule has 4 rings (SSSR count). The van der Waals surface area contributed by atoms with E-state index in [9.17, 15) is 14.0 Å². The van der Waals surface area contributed by atoms with Crippen molar-refractivity contribution in [3.63, 3.8) is 0 Å². The summed E-state index contributed by atoms with van der Waals surface area (Å²) in [5, 5.41) is 10.6.